The van der Waals surface area contributed by atoms with Crippen molar-refractivity contribution in [3.8, 4) is 11.5 Å². The molecule has 0 spiro atoms. The Morgan fingerprint density at radius 2 is 1.89 bits per heavy atom. The smallest absolute Gasteiger partial charge is 0.264 e. The van der Waals surface area contributed by atoms with Crippen molar-refractivity contribution in [3.05, 3.63) is 56.4 Å². The van der Waals surface area contributed by atoms with Crippen molar-refractivity contribution < 1.29 is 14.3 Å². The van der Waals surface area contributed by atoms with Gasteiger partial charge in [-0.1, -0.05) is 11.6 Å². The maximum absolute atomic E-state index is 12.3. The number of carbonyl (C=O) groups excluding carboxylic acids is 1. The molecule has 0 atom stereocenters. The molecule has 1 heterocycles. The first-order chi connectivity index (χ1) is 13.5. The second-order valence-corrected chi connectivity index (χ2v) is 7.98. The fraction of sp³-hybridized carbons (Fsp3) is 0.200. The molecule has 1 fully saturated rings. The summed E-state index contributed by atoms with van der Waals surface area (Å²) in [4.78, 5) is 17.3. The van der Waals surface area contributed by atoms with Crippen molar-refractivity contribution in [2.24, 2.45) is 4.99 Å². The van der Waals surface area contributed by atoms with Crippen molar-refractivity contribution in [2.45, 2.75) is 13.8 Å². The minimum Gasteiger partial charge on any atom is -0.490 e. The van der Waals surface area contributed by atoms with Crippen molar-refractivity contribution in [1.82, 2.24) is 5.32 Å². The number of nitrogens with one attached hydrogen (secondary N) is 1. The maximum Gasteiger partial charge on any atom is 0.264 e. The van der Waals surface area contributed by atoms with Gasteiger partial charge in [0.15, 0.2) is 16.7 Å². The molecule has 0 aromatic heterocycles. The summed E-state index contributed by atoms with van der Waals surface area (Å²) in [6.07, 6.45) is 1.80. The summed E-state index contributed by atoms with van der Waals surface area (Å²) >= 11 is 10.7. The lowest BCUT2D eigenvalue weighted by Crippen LogP contribution is -2.19. The van der Waals surface area contributed by atoms with Crippen LogP contribution in [0.2, 0.25) is 5.02 Å². The number of amidine groups is 1. The Hall–Kier alpha value is -1.96. The van der Waals surface area contributed by atoms with Crippen molar-refractivity contribution in [1.29, 1.82) is 0 Å². The Kier molecular flexibility index (Phi) is 7.04. The SMILES string of the molecule is CCOc1cc(/C=C2\SC(=Nc3ccc(Cl)cc3)NC2=O)cc(Br)c1OCC. The van der Waals surface area contributed by atoms with Gasteiger partial charge >= 0.3 is 0 Å². The number of nitrogens with zero attached hydrogens (tertiary/aromatic N) is 1. The van der Waals surface area contributed by atoms with E-state index in [9.17, 15) is 4.79 Å². The van der Waals surface area contributed by atoms with Crippen LogP contribution in [0.3, 0.4) is 0 Å². The summed E-state index contributed by atoms with van der Waals surface area (Å²) in [5.74, 6) is 1.09. The standard InChI is InChI=1S/C20H18BrClN2O3S/c1-3-26-16-10-12(9-15(21)18(16)27-4-2)11-17-19(25)24-20(28-17)23-14-7-5-13(22)6-8-14/h5-11H,3-4H2,1-2H3,(H,23,24,25)/b17-11-. The van der Waals surface area contributed by atoms with Crippen LogP contribution < -0.4 is 14.8 Å². The van der Waals surface area contributed by atoms with Crippen LogP contribution in [0, 0.1) is 0 Å². The Bertz CT molecular complexity index is 945. The average molecular weight is 482 g/mol. The van der Waals surface area contributed by atoms with E-state index in [0.29, 0.717) is 39.8 Å². The highest BCUT2D eigenvalue weighted by atomic mass is 79.9. The van der Waals surface area contributed by atoms with E-state index in [4.69, 9.17) is 21.1 Å². The molecule has 0 saturated carbocycles. The van der Waals surface area contributed by atoms with Gasteiger partial charge in [-0.3, -0.25) is 4.79 Å². The third kappa shape index (κ3) is 5.10. The third-order valence-electron chi connectivity index (χ3n) is 3.63. The molecule has 3 rings (SSSR count). The number of hydrogen-bond donors (Lipinski definition) is 1. The minimum atomic E-state index is -0.194. The second-order valence-electron chi connectivity index (χ2n) is 5.65. The van der Waals surface area contributed by atoms with Gasteiger partial charge in [0.25, 0.3) is 5.91 Å². The summed E-state index contributed by atoms with van der Waals surface area (Å²) < 4.78 is 12.1. The number of amides is 1. The highest BCUT2D eigenvalue weighted by molar-refractivity contribution is 9.10. The van der Waals surface area contributed by atoms with Crippen LogP contribution >= 0.6 is 39.3 Å². The van der Waals surface area contributed by atoms with Crippen LogP contribution in [0.15, 0.2) is 50.8 Å². The Morgan fingerprint density at radius 1 is 1.18 bits per heavy atom. The van der Waals surface area contributed by atoms with E-state index in [0.717, 1.165) is 15.7 Å². The quantitative estimate of drug-likeness (QED) is 0.530. The van der Waals surface area contributed by atoms with E-state index in [1.54, 1.807) is 30.3 Å². The summed E-state index contributed by atoms with van der Waals surface area (Å²) in [5, 5.41) is 3.94. The van der Waals surface area contributed by atoms with Crippen LogP contribution in [0.4, 0.5) is 5.69 Å². The van der Waals surface area contributed by atoms with Gasteiger partial charge in [-0.2, -0.15) is 0 Å². The number of rotatable bonds is 6. The minimum absolute atomic E-state index is 0.194. The molecule has 0 aliphatic carbocycles. The first-order valence-corrected chi connectivity index (χ1v) is 10.6. The highest BCUT2D eigenvalue weighted by Crippen LogP contribution is 2.38. The summed E-state index contributed by atoms with van der Waals surface area (Å²) in [6, 6.07) is 10.8. The van der Waals surface area contributed by atoms with E-state index in [1.165, 1.54) is 11.8 Å². The van der Waals surface area contributed by atoms with Crippen LogP contribution in [0.5, 0.6) is 11.5 Å². The number of ether oxygens (including phenoxy) is 2. The summed E-state index contributed by atoms with van der Waals surface area (Å²) in [7, 11) is 0. The molecule has 1 aliphatic heterocycles. The lowest BCUT2D eigenvalue weighted by molar-refractivity contribution is -0.115. The largest absolute Gasteiger partial charge is 0.490 e. The van der Waals surface area contributed by atoms with Gasteiger partial charge in [-0.25, -0.2) is 4.99 Å². The highest BCUT2D eigenvalue weighted by Gasteiger charge is 2.24. The lowest BCUT2D eigenvalue weighted by Gasteiger charge is -2.13. The fourth-order valence-corrected chi connectivity index (χ4v) is 4.03. The predicted molar refractivity (Wildman–Crippen MR) is 119 cm³/mol. The van der Waals surface area contributed by atoms with Crippen LogP contribution in [0.1, 0.15) is 19.4 Å². The molecule has 1 saturated heterocycles. The second kappa shape index (κ2) is 9.49. The van der Waals surface area contributed by atoms with E-state index < -0.39 is 0 Å². The molecule has 0 bridgehead atoms. The van der Waals surface area contributed by atoms with Crippen molar-refractivity contribution in [2.75, 3.05) is 13.2 Å². The van der Waals surface area contributed by atoms with E-state index in [1.807, 2.05) is 26.0 Å². The van der Waals surface area contributed by atoms with Crippen LogP contribution in [-0.4, -0.2) is 24.3 Å². The summed E-state index contributed by atoms with van der Waals surface area (Å²) in [5.41, 5.74) is 1.54. The number of hydrogen-bond acceptors (Lipinski definition) is 5. The number of aliphatic imine (C=N–C) groups is 1. The zero-order valence-corrected chi connectivity index (χ0v) is 18.5. The van der Waals surface area contributed by atoms with E-state index in [-0.39, 0.29) is 5.91 Å². The zero-order chi connectivity index (χ0) is 20.1. The number of carbonyl (C=O) groups is 1. The normalized spacial score (nSPS) is 16.5. The molecule has 0 unspecified atom stereocenters. The van der Waals surface area contributed by atoms with Crippen LogP contribution in [0.25, 0.3) is 6.08 Å². The molecule has 146 valence electrons. The van der Waals surface area contributed by atoms with Gasteiger partial charge in [-0.05, 0) is 89.6 Å². The molecule has 0 radical (unpaired) electrons. The Morgan fingerprint density at radius 3 is 2.57 bits per heavy atom. The average Bonchev–Trinajstić information content (AvgIpc) is 2.99. The first-order valence-electron chi connectivity index (χ1n) is 8.64. The predicted octanol–water partition coefficient (Wildman–Crippen LogP) is 5.79. The third-order valence-corrected chi connectivity index (χ3v) is 5.38. The van der Waals surface area contributed by atoms with Gasteiger partial charge in [0.1, 0.15) is 0 Å². The molecule has 1 aliphatic rings. The first kappa shape index (κ1) is 20.8. The Balaban J connectivity index is 1.86. The van der Waals surface area contributed by atoms with Crippen molar-refractivity contribution in [3.63, 3.8) is 0 Å². The van der Waals surface area contributed by atoms with Crippen LogP contribution in [-0.2, 0) is 4.79 Å². The monoisotopic (exact) mass is 480 g/mol. The molecule has 1 N–H and O–H groups in total. The lowest BCUT2D eigenvalue weighted by atomic mass is 10.2. The molecule has 5 nitrogen and oxygen atoms in total. The molecule has 28 heavy (non-hydrogen) atoms. The van der Waals surface area contributed by atoms with Gasteiger partial charge in [0.2, 0.25) is 0 Å². The van der Waals surface area contributed by atoms with Gasteiger partial charge in [0, 0.05) is 5.02 Å². The number of thioether (sulfide) groups is 1. The van der Waals surface area contributed by atoms with E-state index >= 15 is 0 Å². The fourth-order valence-electron chi connectivity index (χ4n) is 2.48. The van der Waals surface area contributed by atoms with Crippen molar-refractivity contribution >= 4 is 62.1 Å². The van der Waals surface area contributed by atoms with Gasteiger partial charge < -0.3 is 14.8 Å². The van der Waals surface area contributed by atoms with E-state index in [2.05, 4.69) is 26.2 Å². The molecule has 2 aromatic carbocycles. The van der Waals surface area contributed by atoms with Gasteiger partial charge in [0.05, 0.1) is 28.3 Å². The number of benzene rings is 2. The summed E-state index contributed by atoms with van der Waals surface area (Å²) in [6.45, 7) is 4.87. The van der Waals surface area contributed by atoms with Gasteiger partial charge in [-0.15, -0.1) is 0 Å². The zero-order valence-electron chi connectivity index (χ0n) is 15.3. The molecule has 8 heteroatoms. The molecule has 2 aromatic rings. The Labute approximate surface area is 181 Å². The molecular formula is C20H18BrClN2O3S. The number of halogens is 2. The molecule has 1 amide bonds. The maximum atomic E-state index is 12.3. The topological polar surface area (TPSA) is 59.9 Å². The molecular weight excluding hydrogens is 464 g/mol.